The predicted octanol–water partition coefficient (Wildman–Crippen LogP) is 4.84. The van der Waals surface area contributed by atoms with E-state index in [9.17, 15) is 31.9 Å². The number of nitrogens with zero attached hydrogens (tertiary/aromatic N) is 1. The van der Waals surface area contributed by atoms with E-state index in [4.69, 9.17) is 5.73 Å². The highest BCUT2D eigenvalue weighted by Crippen LogP contribution is 2.19. The molecule has 0 radical (unpaired) electrons. The van der Waals surface area contributed by atoms with Crippen LogP contribution in [0.15, 0.2) is 42.5 Å². The van der Waals surface area contributed by atoms with Gasteiger partial charge >= 0.3 is 6.09 Å². The van der Waals surface area contributed by atoms with Crippen LogP contribution in [0.3, 0.4) is 0 Å². The number of halogens is 2. The number of nitrogens with two attached hydrogens (primary N) is 1. The fraction of sp³-hybridized carbons (Fsp3) is 0.533. The number of rotatable bonds is 17. The van der Waals surface area contributed by atoms with Gasteiger partial charge in [0.15, 0.2) is 9.84 Å². The molecule has 4 N–H and O–H groups in total. The van der Waals surface area contributed by atoms with Gasteiger partial charge in [-0.25, -0.2) is 22.0 Å². The van der Waals surface area contributed by atoms with E-state index < -0.39 is 56.6 Å². The van der Waals surface area contributed by atoms with Crippen LogP contribution in [0.25, 0.3) is 0 Å². The number of carbonyl (C=O) groups excluding carboxylic acids is 1. The highest BCUT2D eigenvalue weighted by atomic mass is 32.2. The Labute approximate surface area is 242 Å². The lowest BCUT2D eigenvalue weighted by molar-refractivity contribution is -0.133. The number of hydrogen-bond acceptors (Lipinski definition) is 5. The van der Waals surface area contributed by atoms with Gasteiger partial charge in [-0.15, -0.1) is 0 Å². The van der Waals surface area contributed by atoms with E-state index in [2.05, 4.69) is 5.32 Å². The first-order chi connectivity index (χ1) is 19.4. The van der Waals surface area contributed by atoms with Crippen molar-refractivity contribution in [2.24, 2.45) is 5.73 Å². The van der Waals surface area contributed by atoms with Crippen molar-refractivity contribution in [3.63, 3.8) is 0 Å². The molecule has 0 aliphatic rings. The van der Waals surface area contributed by atoms with Crippen molar-refractivity contribution in [2.75, 3.05) is 12.3 Å². The van der Waals surface area contributed by atoms with E-state index in [1.807, 2.05) is 45.0 Å². The molecule has 0 fully saturated rings. The summed E-state index contributed by atoms with van der Waals surface area (Å²) in [7, 11) is -3.80. The molecule has 2 rings (SSSR count). The average Bonchev–Trinajstić information content (AvgIpc) is 2.89. The highest BCUT2D eigenvalue weighted by molar-refractivity contribution is 7.92. The molecule has 2 unspecified atom stereocenters. The normalized spacial score (nSPS) is 13.1. The molecular formula is C30H43F2N3O5S. The number of sulfone groups is 1. The fourth-order valence-corrected chi connectivity index (χ4v) is 7.10. The summed E-state index contributed by atoms with van der Waals surface area (Å²) in [5, 5.41) is 11.0. The summed E-state index contributed by atoms with van der Waals surface area (Å²) in [4.78, 5) is 26.9. The average molecular weight is 596 g/mol. The largest absolute Gasteiger partial charge is 0.465 e. The Hall–Kier alpha value is -3.05. The van der Waals surface area contributed by atoms with E-state index in [0.717, 1.165) is 23.6 Å². The summed E-state index contributed by atoms with van der Waals surface area (Å²) in [5.74, 6) is -2.75. The van der Waals surface area contributed by atoms with Crippen molar-refractivity contribution in [1.82, 2.24) is 10.2 Å². The molecule has 41 heavy (non-hydrogen) atoms. The van der Waals surface area contributed by atoms with Gasteiger partial charge < -0.3 is 21.1 Å². The van der Waals surface area contributed by atoms with Gasteiger partial charge in [0.2, 0.25) is 5.91 Å². The van der Waals surface area contributed by atoms with Crippen LogP contribution in [0.5, 0.6) is 0 Å². The van der Waals surface area contributed by atoms with Crippen LogP contribution >= 0.6 is 0 Å². The third-order valence-corrected chi connectivity index (χ3v) is 9.28. The molecular weight excluding hydrogens is 552 g/mol. The van der Waals surface area contributed by atoms with Crippen LogP contribution < -0.4 is 11.1 Å². The maximum absolute atomic E-state index is 13.8. The summed E-state index contributed by atoms with van der Waals surface area (Å²) in [6.45, 7) is 5.95. The highest BCUT2D eigenvalue weighted by Gasteiger charge is 2.34. The van der Waals surface area contributed by atoms with Crippen LogP contribution in [-0.4, -0.2) is 60.1 Å². The van der Waals surface area contributed by atoms with Gasteiger partial charge in [-0.1, -0.05) is 57.9 Å². The number of amides is 2. The van der Waals surface area contributed by atoms with Gasteiger partial charge in [0.1, 0.15) is 17.7 Å². The lowest BCUT2D eigenvalue weighted by Crippen LogP contribution is -2.52. The van der Waals surface area contributed by atoms with Crippen molar-refractivity contribution >= 4 is 21.8 Å². The van der Waals surface area contributed by atoms with E-state index in [1.54, 1.807) is 0 Å². The predicted molar refractivity (Wildman–Crippen MR) is 156 cm³/mol. The zero-order valence-corrected chi connectivity index (χ0v) is 24.9. The number of carboxylic acid groups (broad SMARTS) is 1. The molecule has 2 aromatic rings. The summed E-state index contributed by atoms with van der Waals surface area (Å²) in [6.07, 6.45) is 1.79. The first kappa shape index (κ1) is 34.2. The molecule has 0 saturated carbocycles. The molecule has 0 aliphatic heterocycles. The monoisotopic (exact) mass is 595 g/mol. The second-order valence-electron chi connectivity index (χ2n) is 10.5. The molecule has 228 valence electrons. The minimum atomic E-state index is -3.80. The van der Waals surface area contributed by atoms with Crippen molar-refractivity contribution in [3.8, 4) is 0 Å². The maximum atomic E-state index is 13.8. The molecule has 0 aromatic heterocycles. The Bertz CT molecular complexity index is 1230. The van der Waals surface area contributed by atoms with Crippen molar-refractivity contribution in [1.29, 1.82) is 0 Å². The van der Waals surface area contributed by atoms with Gasteiger partial charge in [0.05, 0.1) is 11.0 Å². The summed E-state index contributed by atoms with van der Waals surface area (Å²) in [6, 6.07) is 8.68. The zero-order valence-electron chi connectivity index (χ0n) is 24.1. The minimum absolute atomic E-state index is 0.0827. The summed E-state index contributed by atoms with van der Waals surface area (Å²) >= 11 is 0. The number of hydrogen-bond donors (Lipinski definition) is 3. The van der Waals surface area contributed by atoms with Crippen molar-refractivity contribution in [3.05, 3.63) is 70.8 Å². The third-order valence-electron chi connectivity index (χ3n) is 7.00. The van der Waals surface area contributed by atoms with Crippen LogP contribution in [0.4, 0.5) is 13.6 Å². The zero-order chi connectivity index (χ0) is 30.6. The maximum Gasteiger partial charge on any atom is 0.405 e. The standard InChI is InChI=1S/C30H43F2N3O5S/c1-4-8-27(9-5-2)41(39,40)20-28(34-30(37)38)29(36)35(19-22-11-7-10-21(6-3)14-22)13-12-26(33)17-23-15-24(31)18-25(32)16-23/h7,10-11,14-16,18,26-28,34H,4-6,8-9,12-13,17,19-20,33H2,1-3H3,(H,37,38). The molecule has 2 aromatic carbocycles. The number of nitrogens with one attached hydrogen (secondary N) is 1. The lowest BCUT2D eigenvalue weighted by atomic mass is 10.0. The fourth-order valence-electron chi connectivity index (χ4n) is 4.95. The number of benzene rings is 2. The molecule has 0 spiro atoms. The third kappa shape index (κ3) is 11.4. The minimum Gasteiger partial charge on any atom is -0.465 e. The van der Waals surface area contributed by atoms with Gasteiger partial charge in [-0.05, 0) is 60.9 Å². The van der Waals surface area contributed by atoms with Gasteiger partial charge in [0.25, 0.3) is 0 Å². The van der Waals surface area contributed by atoms with E-state index in [-0.39, 0.29) is 25.9 Å². The van der Waals surface area contributed by atoms with Crippen LogP contribution in [-0.2, 0) is 34.0 Å². The second kappa shape index (κ2) is 16.4. The van der Waals surface area contributed by atoms with E-state index >= 15 is 0 Å². The molecule has 8 nitrogen and oxygen atoms in total. The summed E-state index contributed by atoms with van der Waals surface area (Å²) < 4.78 is 53.9. The quantitative estimate of drug-likeness (QED) is 0.240. The van der Waals surface area contributed by atoms with Crippen molar-refractivity contribution < 1.29 is 31.9 Å². The molecule has 0 heterocycles. The molecule has 2 atom stereocenters. The van der Waals surface area contributed by atoms with Crippen molar-refractivity contribution in [2.45, 2.75) is 89.6 Å². The van der Waals surface area contributed by atoms with E-state index in [0.29, 0.717) is 31.2 Å². The smallest absolute Gasteiger partial charge is 0.405 e. The van der Waals surface area contributed by atoms with Crippen LogP contribution in [0, 0.1) is 11.6 Å². The first-order valence-electron chi connectivity index (χ1n) is 14.2. The molecule has 0 bridgehead atoms. The second-order valence-corrected chi connectivity index (χ2v) is 12.8. The molecule has 11 heteroatoms. The Morgan fingerprint density at radius 3 is 2.12 bits per heavy atom. The van der Waals surface area contributed by atoms with Gasteiger partial charge in [-0.3, -0.25) is 4.79 Å². The van der Waals surface area contributed by atoms with Gasteiger partial charge in [-0.2, -0.15) is 0 Å². The Kier molecular flexibility index (Phi) is 13.7. The number of carbonyl (C=O) groups is 2. The number of aryl methyl sites for hydroxylation is 1. The van der Waals surface area contributed by atoms with E-state index in [1.165, 1.54) is 17.0 Å². The summed E-state index contributed by atoms with van der Waals surface area (Å²) in [5.41, 5.74) is 8.49. The SMILES string of the molecule is CCCC(CCC)S(=O)(=O)CC(NC(=O)O)C(=O)N(CCC(N)Cc1cc(F)cc(F)c1)Cc1cccc(CC)c1. The molecule has 2 amide bonds. The lowest BCUT2D eigenvalue weighted by Gasteiger charge is -2.29. The molecule has 0 saturated heterocycles. The Morgan fingerprint density at radius 2 is 1.56 bits per heavy atom. The Balaban J connectivity index is 2.33. The Morgan fingerprint density at radius 1 is 0.951 bits per heavy atom. The van der Waals surface area contributed by atoms with Gasteiger partial charge in [0, 0.05) is 25.2 Å². The van der Waals surface area contributed by atoms with Crippen LogP contribution in [0.2, 0.25) is 0 Å². The topological polar surface area (TPSA) is 130 Å². The van der Waals surface area contributed by atoms with Crippen LogP contribution in [0.1, 0.15) is 69.6 Å². The first-order valence-corrected chi connectivity index (χ1v) is 15.9. The molecule has 0 aliphatic carbocycles.